The number of nitrogens with one attached hydrogen (secondary N) is 1. The molecule has 96 valence electrons. The quantitative estimate of drug-likeness (QED) is 0.769. The molecule has 17 heavy (non-hydrogen) atoms. The molecule has 1 rings (SSSR count). The summed E-state index contributed by atoms with van der Waals surface area (Å²) in [6, 6.07) is 3.08. The van der Waals surface area contributed by atoms with Gasteiger partial charge in [0.25, 0.3) is 6.43 Å². The first-order valence-corrected chi connectivity index (χ1v) is 5.78. The van der Waals surface area contributed by atoms with Gasteiger partial charge < -0.3 is 10.1 Å². The van der Waals surface area contributed by atoms with Crippen molar-refractivity contribution < 1.29 is 13.5 Å². The molecule has 1 aromatic heterocycles. The second-order valence-electron chi connectivity index (χ2n) is 3.46. The van der Waals surface area contributed by atoms with Crippen molar-refractivity contribution in [1.82, 2.24) is 10.3 Å². The molecule has 0 aliphatic rings. The van der Waals surface area contributed by atoms with Gasteiger partial charge in [-0.25, -0.2) is 13.8 Å². The van der Waals surface area contributed by atoms with Gasteiger partial charge in [0.05, 0.1) is 10.7 Å². The molecule has 0 bridgehead atoms. The third-order valence-corrected chi connectivity index (χ3v) is 2.31. The molecule has 0 atom stereocenters. The summed E-state index contributed by atoms with van der Waals surface area (Å²) in [6.45, 7) is 2.74. The number of hydrogen-bond donors (Lipinski definition) is 1. The van der Waals surface area contributed by atoms with Crippen molar-refractivity contribution in [3.05, 3.63) is 22.8 Å². The van der Waals surface area contributed by atoms with E-state index in [1.807, 2.05) is 6.92 Å². The van der Waals surface area contributed by atoms with Crippen LogP contribution in [0.25, 0.3) is 0 Å². The second-order valence-corrected chi connectivity index (χ2v) is 3.86. The average molecular weight is 265 g/mol. The highest BCUT2D eigenvalue weighted by Gasteiger charge is 2.07. The van der Waals surface area contributed by atoms with Gasteiger partial charge in [0.2, 0.25) is 5.88 Å². The van der Waals surface area contributed by atoms with E-state index in [0.717, 1.165) is 13.0 Å². The lowest BCUT2D eigenvalue weighted by molar-refractivity contribution is 0.0795. The van der Waals surface area contributed by atoms with Crippen molar-refractivity contribution in [1.29, 1.82) is 0 Å². The predicted octanol–water partition coefficient (Wildman–Crippen LogP) is 2.88. The number of ether oxygens (including phenoxy) is 1. The Balaban J connectivity index is 2.59. The van der Waals surface area contributed by atoms with Gasteiger partial charge in [-0.1, -0.05) is 18.5 Å². The SMILES string of the molecule is CCCNCc1nc(OCC(F)F)ccc1Cl. The topological polar surface area (TPSA) is 34.2 Å². The molecule has 0 spiro atoms. The molecule has 0 aromatic carbocycles. The summed E-state index contributed by atoms with van der Waals surface area (Å²) in [5.41, 5.74) is 0.604. The van der Waals surface area contributed by atoms with Crippen LogP contribution in [-0.2, 0) is 6.54 Å². The highest BCUT2D eigenvalue weighted by molar-refractivity contribution is 6.31. The van der Waals surface area contributed by atoms with Crippen LogP contribution in [0.5, 0.6) is 5.88 Å². The summed E-state index contributed by atoms with van der Waals surface area (Å²) < 4.78 is 28.7. The van der Waals surface area contributed by atoms with Crippen molar-refractivity contribution >= 4 is 11.6 Å². The minimum atomic E-state index is -2.51. The Morgan fingerprint density at radius 3 is 2.88 bits per heavy atom. The van der Waals surface area contributed by atoms with Crippen LogP contribution in [0.15, 0.2) is 12.1 Å². The highest BCUT2D eigenvalue weighted by atomic mass is 35.5. The molecule has 0 saturated heterocycles. The summed E-state index contributed by atoms with van der Waals surface area (Å²) in [4.78, 5) is 4.07. The van der Waals surface area contributed by atoms with Crippen molar-refractivity contribution in [2.45, 2.75) is 26.3 Å². The minimum Gasteiger partial charge on any atom is -0.472 e. The van der Waals surface area contributed by atoms with E-state index in [1.54, 1.807) is 6.07 Å². The number of aromatic nitrogens is 1. The smallest absolute Gasteiger partial charge is 0.272 e. The zero-order valence-electron chi connectivity index (χ0n) is 9.55. The van der Waals surface area contributed by atoms with E-state index in [1.165, 1.54) is 6.07 Å². The number of alkyl halides is 2. The van der Waals surface area contributed by atoms with Crippen LogP contribution in [0.1, 0.15) is 19.0 Å². The molecule has 1 N–H and O–H groups in total. The molecule has 1 heterocycles. The summed E-state index contributed by atoms with van der Waals surface area (Å²) in [6.07, 6.45) is -1.51. The Labute approximate surface area is 104 Å². The van der Waals surface area contributed by atoms with Crippen molar-refractivity contribution in [3.8, 4) is 5.88 Å². The molecule has 0 radical (unpaired) electrons. The van der Waals surface area contributed by atoms with Crippen LogP contribution in [0, 0.1) is 0 Å². The van der Waals surface area contributed by atoms with E-state index >= 15 is 0 Å². The van der Waals surface area contributed by atoms with E-state index in [2.05, 4.69) is 10.3 Å². The molecule has 0 aliphatic heterocycles. The van der Waals surface area contributed by atoms with Crippen LogP contribution in [-0.4, -0.2) is 24.6 Å². The highest BCUT2D eigenvalue weighted by Crippen LogP contribution is 2.18. The van der Waals surface area contributed by atoms with Gasteiger partial charge >= 0.3 is 0 Å². The van der Waals surface area contributed by atoms with E-state index < -0.39 is 13.0 Å². The Bertz CT molecular complexity index is 350. The maximum Gasteiger partial charge on any atom is 0.272 e. The van der Waals surface area contributed by atoms with Gasteiger partial charge in [0.1, 0.15) is 0 Å². The van der Waals surface area contributed by atoms with E-state index in [0.29, 0.717) is 17.3 Å². The third kappa shape index (κ3) is 5.28. The van der Waals surface area contributed by atoms with E-state index in [9.17, 15) is 8.78 Å². The maximum atomic E-state index is 12.0. The van der Waals surface area contributed by atoms with Crippen LogP contribution in [0.4, 0.5) is 8.78 Å². The van der Waals surface area contributed by atoms with E-state index in [-0.39, 0.29) is 5.88 Å². The average Bonchev–Trinajstić information content (AvgIpc) is 2.30. The molecule has 0 unspecified atom stereocenters. The fraction of sp³-hybridized carbons (Fsp3) is 0.545. The van der Waals surface area contributed by atoms with Crippen LogP contribution in [0.3, 0.4) is 0 Å². The van der Waals surface area contributed by atoms with E-state index in [4.69, 9.17) is 16.3 Å². The molecule has 0 amide bonds. The van der Waals surface area contributed by atoms with Crippen molar-refractivity contribution in [2.24, 2.45) is 0 Å². The fourth-order valence-corrected chi connectivity index (χ4v) is 1.37. The zero-order valence-corrected chi connectivity index (χ0v) is 10.3. The Kier molecular flexibility index (Phi) is 6.15. The Morgan fingerprint density at radius 1 is 1.47 bits per heavy atom. The first-order valence-electron chi connectivity index (χ1n) is 5.40. The minimum absolute atomic E-state index is 0.169. The summed E-state index contributed by atoms with van der Waals surface area (Å²) in [5, 5.41) is 3.63. The summed E-state index contributed by atoms with van der Waals surface area (Å²) in [5.74, 6) is 0.169. The second kappa shape index (κ2) is 7.40. The number of nitrogens with zero attached hydrogens (tertiary/aromatic N) is 1. The van der Waals surface area contributed by atoms with Gasteiger partial charge in [-0.05, 0) is 19.0 Å². The molecule has 0 fully saturated rings. The lowest BCUT2D eigenvalue weighted by atomic mass is 10.3. The van der Waals surface area contributed by atoms with Crippen LogP contribution < -0.4 is 10.1 Å². The van der Waals surface area contributed by atoms with Gasteiger partial charge in [0, 0.05) is 12.6 Å². The van der Waals surface area contributed by atoms with Gasteiger partial charge in [-0.3, -0.25) is 0 Å². The van der Waals surface area contributed by atoms with Crippen molar-refractivity contribution in [2.75, 3.05) is 13.2 Å². The Morgan fingerprint density at radius 2 is 2.24 bits per heavy atom. The first-order chi connectivity index (χ1) is 8.13. The fourth-order valence-electron chi connectivity index (χ4n) is 1.20. The molecule has 6 heteroatoms. The first kappa shape index (κ1) is 14.1. The van der Waals surface area contributed by atoms with Crippen molar-refractivity contribution in [3.63, 3.8) is 0 Å². The number of pyridine rings is 1. The molecular formula is C11H15ClF2N2O. The third-order valence-electron chi connectivity index (χ3n) is 1.97. The standard InChI is InChI=1S/C11H15ClF2N2O/c1-2-5-15-6-9-8(12)3-4-11(16-9)17-7-10(13)14/h3-4,10,15H,2,5-7H2,1H3. The maximum absolute atomic E-state index is 12.0. The molecule has 0 saturated carbocycles. The monoisotopic (exact) mass is 264 g/mol. The summed E-state index contributed by atoms with van der Waals surface area (Å²) >= 11 is 5.93. The van der Waals surface area contributed by atoms with Gasteiger partial charge in [-0.15, -0.1) is 0 Å². The predicted molar refractivity (Wildman–Crippen MR) is 62.7 cm³/mol. The molecule has 3 nitrogen and oxygen atoms in total. The lowest BCUT2D eigenvalue weighted by Crippen LogP contribution is -2.16. The zero-order chi connectivity index (χ0) is 12.7. The molecule has 1 aromatic rings. The summed E-state index contributed by atoms with van der Waals surface area (Å²) in [7, 11) is 0. The Hall–Kier alpha value is -0.940. The number of halogens is 3. The van der Waals surface area contributed by atoms with Gasteiger partial charge in [-0.2, -0.15) is 0 Å². The van der Waals surface area contributed by atoms with Crippen LogP contribution in [0.2, 0.25) is 5.02 Å². The molecular weight excluding hydrogens is 250 g/mol. The normalized spacial score (nSPS) is 10.9. The number of rotatable bonds is 7. The lowest BCUT2D eigenvalue weighted by Gasteiger charge is -2.08. The molecule has 0 aliphatic carbocycles. The largest absolute Gasteiger partial charge is 0.472 e. The van der Waals surface area contributed by atoms with Gasteiger partial charge in [0.15, 0.2) is 6.61 Å². The number of hydrogen-bond acceptors (Lipinski definition) is 3. The van der Waals surface area contributed by atoms with Crippen LogP contribution >= 0.6 is 11.6 Å².